The molecule has 0 radical (unpaired) electrons. The second kappa shape index (κ2) is 5.92. The van der Waals surface area contributed by atoms with Gasteiger partial charge in [-0.15, -0.1) is 0 Å². The van der Waals surface area contributed by atoms with Crippen LogP contribution in [0.2, 0.25) is 0 Å². The first-order chi connectivity index (χ1) is 9.65. The van der Waals surface area contributed by atoms with Crippen molar-refractivity contribution in [1.82, 2.24) is 4.98 Å². The molecule has 1 aromatic heterocycles. The first-order valence-electron chi connectivity index (χ1n) is 5.87. The number of carbonyl (C=O) groups excluding carboxylic acids is 2. The van der Waals surface area contributed by atoms with Gasteiger partial charge in [-0.3, -0.25) is 9.59 Å². The zero-order chi connectivity index (χ0) is 14.5. The molecule has 0 bridgehead atoms. The largest absolute Gasteiger partial charge is 0.497 e. The number of ether oxygens (including phenoxy) is 2. The van der Waals surface area contributed by atoms with Crippen molar-refractivity contribution in [2.75, 3.05) is 19.5 Å². The Hall–Kier alpha value is -2.76. The predicted octanol–water partition coefficient (Wildman–Crippen LogP) is 1.85. The van der Waals surface area contributed by atoms with Gasteiger partial charge in [-0.2, -0.15) is 0 Å². The third-order valence-corrected chi connectivity index (χ3v) is 2.71. The van der Waals surface area contributed by atoms with Crippen LogP contribution < -0.4 is 14.8 Å². The lowest BCUT2D eigenvalue weighted by atomic mass is 10.2. The summed E-state index contributed by atoms with van der Waals surface area (Å²) < 4.78 is 10.2. The van der Waals surface area contributed by atoms with E-state index < -0.39 is 11.7 Å². The number of anilines is 1. The summed E-state index contributed by atoms with van der Waals surface area (Å²) in [5.74, 6) is -0.378. The Morgan fingerprint density at radius 3 is 2.55 bits per heavy atom. The second-order valence-electron chi connectivity index (χ2n) is 3.93. The van der Waals surface area contributed by atoms with Crippen molar-refractivity contribution in [3.05, 3.63) is 42.2 Å². The fraction of sp³-hybridized carbons (Fsp3) is 0.143. The number of hydrogen-bond donors (Lipinski definition) is 2. The molecule has 1 aromatic carbocycles. The number of carbonyl (C=O) groups is 2. The van der Waals surface area contributed by atoms with Crippen LogP contribution in [0.1, 0.15) is 10.5 Å². The quantitative estimate of drug-likeness (QED) is 0.644. The molecule has 2 aromatic rings. The van der Waals surface area contributed by atoms with Crippen LogP contribution >= 0.6 is 0 Å². The van der Waals surface area contributed by atoms with Crippen LogP contribution in [-0.4, -0.2) is 30.9 Å². The molecule has 104 valence electrons. The molecule has 0 aliphatic heterocycles. The summed E-state index contributed by atoms with van der Waals surface area (Å²) in [4.78, 5) is 26.4. The molecule has 0 aliphatic carbocycles. The van der Waals surface area contributed by atoms with Crippen molar-refractivity contribution in [2.24, 2.45) is 0 Å². The Labute approximate surface area is 115 Å². The number of hydrogen-bond acceptors (Lipinski definition) is 4. The standard InChI is InChI=1S/C14H14N2O4/c1-19-9-5-6-10(12(8-9)20-2)16-14(18)13(17)11-4-3-7-15-11/h3-8,15H,1-2H3,(H,16,18). The molecular weight excluding hydrogens is 260 g/mol. The molecule has 0 fully saturated rings. The first-order valence-corrected chi connectivity index (χ1v) is 5.87. The molecule has 0 unspecified atom stereocenters. The monoisotopic (exact) mass is 274 g/mol. The summed E-state index contributed by atoms with van der Waals surface area (Å²) in [6.45, 7) is 0. The van der Waals surface area contributed by atoms with Gasteiger partial charge in [-0.1, -0.05) is 0 Å². The molecule has 1 amide bonds. The van der Waals surface area contributed by atoms with Crippen LogP contribution in [0.15, 0.2) is 36.5 Å². The molecule has 1 heterocycles. The molecule has 6 heteroatoms. The van der Waals surface area contributed by atoms with Crippen molar-refractivity contribution in [2.45, 2.75) is 0 Å². The van der Waals surface area contributed by atoms with Gasteiger partial charge in [0.15, 0.2) is 0 Å². The predicted molar refractivity (Wildman–Crippen MR) is 73.3 cm³/mol. The highest BCUT2D eigenvalue weighted by Gasteiger charge is 2.18. The third kappa shape index (κ3) is 2.80. The SMILES string of the molecule is COc1ccc(NC(=O)C(=O)c2ccc[nH]2)c(OC)c1. The van der Waals surface area contributed by atoms with Gasteiger partial charge in [0.2, 0.25) is 0 Å². The van der Waals surface area contributed by atoms with E-state index in [1.54, 1.807) is 30.5 Å². The zero-order valence-electron chi connectivity index (χ0n) is 11.1. The van der Waals surface area contributed by atoms with E-state index in [4.69, 9.17) is 9.47 Å². The summed E-state index contributed by atoms with van der Waals surface area (Å²) in [5, 5.41) is 2.51. The van der Waals surface area contributed by atoms with E-state index in [0.717, 1.165) is 0 Å². The minimum absolute atomic E-state index is 0.231. The molecule has 0 atom stereocenters. The van der Waals surface area contributed by atoms with Gasteiger partial charge in [0.25, 0.3) is 11.7 Å². The Balaban J connectivity index is 2.17. The number of amides is 1. The van der Waals surface area contributed by atoms with Gasteiger partial charge in [0.1, 0.15) is 11.5 Å². The number of H-pyrrole nitrogens is 1. The Kier molecular flexibility index (Phi) is 4.05. The summed E-state index contributed by atoms with van der Waals surface area (Å²) in [5.41, 5.74) is 0.633. The second-order valence-corrected chi connectivity index (χ2v) is 3.93. The average molecular weight is 274 g/mol. The first kappa shape index (κ1) is 13.7. The molecule has 20 heavy (non-hydrogen) atoms. The van der Waals surface area contributed by atoms with Crippen molar-refractivity contribution in [3.63, 3.8) is 0 Å². The lowest BCUT2D eigenvalue weighted by Crippen LogP contribution is -2.23. The fourth-order valence-corrected chi connectivity index (χ4v) is 1.67. The molecule has 0 saturated heterocycles. The Morgan fingerprint density at radius 2 is 1.95 bits per heavy atom. The number of ketones is 1. The summed E-state index contributed by atoms with van der Waals surface area (Å²) in [6, 6.07) is 8.07. The van der Waals surface area contributed by atoms with Gasteiger partial charge in [0, 0.05) is 12.3 Å². The summed E-state index contributed by atoms with van der Waals surface area (Å²) >= 11 is 0. The molecule has 0 saturated carbocycles. The normalized spacial score (nSPS) is 9.90. The van der Waals surface area contributed by atoms with E-state index in [1.807, 2.05) is 0 Å². The van der Waals surface area contributed by atoms with Gasteiger partial charge in [0.05, 0.1) is 25.6 Å². The van der Waals surface area contributed by atoms with Gasteiger partial charge in [-0.05, 0) is 24.3 Å². The van der Waals surface area contributed by atoms with Crippen LogP contribution in [0.5, 0.6) is 11.5 Å². The number of methoxy groups -OCH3 is 2. The van der Waals surface area contributed by atoms with Crippen LogP contribution in [0.3, 0.4) is 0 Å². The molecular formula is C14H14N2O4. The van der Waals surface area contributed by atoms with Crippen LogP contribution in [-0.2, 0) is 4.79 Å². The van der Waals surface area contributed by atoms with Crippen molar-refractivity contribution >= 4 is 17.4 Å². The number of rotatable bonds is 5. The molecule has 6 nitrogen and oxygen atoms in total. The van der Waals surface area contributed by atoms with Gasteiger partial charge >= 0.3 is 0 Å². The molecule has 2 rings (SSSR count). The minimum atomic E-state index is -0.740. The van der Waals surface area contributed by atoms with Gasteiger partial charge in [-0.25, -0.2) is 0 Å². The molecule has 2 N–H and O–H groups in total. The highest BCUT2D eigenvalue weighted by atomic mass is 16.5. The lowest BCUT2D eigenvalue weighted by molar-refractivity contribution is -0.112. The molecule has 0 aliphatic rings. The van der Waals surface area contributed by atoms with E-state index in [1.165, 1.54) is 20.3 Å². The topological polar surface area (TPSA) is 80.4 Å². The smallest absolute Gasteiger partial charge is 0.298 e. The average Bonchev–Trinajstić information content (AvgIpc) is 3.00. The third-order valence-electron chi connectivity index (χ3n) is 2.71. The Bertz CT molecular complexity index is 620. The van der Waals surface area contributed by atoms with E-state index in [0.29, 0.717) is 17.2 Å². The van der Waals surface area contributed by atoms with E-state index in [9.17, 15) is 9.59 Å². The van der Waals surface area contributed by atoms with E-state index in [2.05, 4.69) is 10.3 Å². The Morgan fingerprint density at radius 1 is 1.15 bits per heavy atom. The zero-order valence-corrected chi connectivity index (χ0v) is 11.1. The fourth-order valence-electron chi connectivity index (χ4n) is 1.67. The van der Waals surface area contributed by atoms with Crippen molar-refractivity contribution in [3.8, 4) is 11.5 Å². The maximum atomic E-state index is 11.9. The number of aromatic nitrogens is 1. The van der Waals surface area contributed by atoms with Crippen LogP contribution in [0.25, 0.3) is 0 Å². The minimum Gasteiger partial charge on any atom is -0.497 e. The van der Waals surface area contributed by atoms with Crippen LogP contribution in [0.4, 0.5) is 5.69 Å². The number of nitrogens with one attached hydrogen (secondary N) is 2. The van der Waals surface area contributed by atoms with E-state index >= 15 is 0 Å². The lowest BCUT2D eigenvalue weighted by Gasteiger charge is -2.10. The van der Waals surface area contributed by atoms with Crippen LogP contribution in [0, 0.1) is 0 Å². The number of aromatic amines is 1. The summed E-state index contributed by atoms with van der Waals surface area (Å²) in [6.07, 6.45) is 1.58. The highest BCUT2D eigenvalue weighted by molar-refractivity contribution is 6.46. The number of Topliss-reactive ketones (excluding diaryl/α,β-unsaturated/α-hetero) is 1. The van der Waals surface area contributed by atoms with Crippen molar-refractivity contribution in [1.29, 1.82) is 0 Å². The van der Waals surface area contributed by atoms with E-state index in [-0.39, 0.29) is 5.69 Å². The maximum Gasteiger partial charge on any atom is 0.298 e. The van der Waals surface area contributed by atoms with Crippen molar-refractivity contribution < 1.29 is 19.1 Å². The molecule has 0 spiro atoms. The highest BCUT2D eigenvalue weighted by Crippen LogP contribution is 2.29. The maximum absolute atomic E-state index is 11.9. The number of benzene rings is 1. The van der Waals surface area contributed by atoms with Gasteiger partial charge < -0.3 is 19.8 Å². The summed E-state index contributed by atoms with van der Waals surface area (Å²) in [7, 11) is 3.00.